The van der Waals surface area contributed by atoms with E-state index in [-0.39, 0.29) is 0 Å². The van der Waals surface area contributed by atoms with Crippen molar-refractivity contribution >= 4 is 21.7 Å². The van der Waals surface area contributed by atoms with Crippen LogP contribution in [-0.2, 0) is 10.9 Å². The number of rotatable bonds is 4. The van der Waals surface area contributed by atoms with Gasteiger partial charge in [-0.25, -0.2) is 0 Å². The van der Waals surface area contributed by atoms with Gasteiger partial charge in [0.05, 0.1) is 6.61 Å². The smallest absolute Gasteiger partial charge is 0.155 e. The van der Waals surface area contributed by atoms with Crippen molar-refractivity contribution in [3.8, 4) is 5.75 Å². The highest BCUT2D eigenvalue weighted by Gasteiger charge is 2.39. The number of hydrogen-bond acceptors (Lipinski definition) is 1. The van der Waals surface area contributed by atoms with E-state index in [1.54, 1.807) is 4.90 Å². The predicted octanol–water partition coefficient (Wildman–Crippen LogP) is 5.43. The summed E-state index contributed by atoms with van der Waals surface area (Å²) >= 11 is 0. The molecule has 3 unspecified atom stereocenters. The highest BCUT2D eigenvalue weighted by atomic mass is 32.2. The molecule has 0 amide bonds. The third-order valence-electron chi connectivity index (χ3n) is 6.50. The van der Waals surface area contributed by atoms with Crippen LogP contribution in [0.15, 0.2) is 41.3 Å². The Bertz CT molecular complexity index is 734. The van der Waals surface area contributed by atoms with E-state index >= 15 is 0 Å². The molecule has 0 radical (unpaired) electrons. The first-order valence-electron chi connectivity index (χ1n) is 9.69. The lowest BCUT2D eigenvalue weighted by Gasteiger charge is -2.21. The van der Waals surface area contributed by atoms with Gasteiger partial charge in [-0.1, -0.05) is 12.5 Å². The molecule has 0 aromatic heterocycles. The third kappa shape index (κ3) is 2.83. The molecule has 2 aliphatic carbocycles. The monoisotopic (exact) mass is 339 g/mol. The third-order valence-corrected chi connectivity index (χ3v) is 8.98. The van der Waals surface area contributed by atoms with Crippen molar-refractivity contribution in [1.82, 2.24) is 0 Å². The Hall–Kier alpha value is -1.15. The van der Waals surface area contributed by atoms with E-state index < -0.39 is 0 Å². The summed E-state index contributed by atoms with van der Waals surface area (Å²) in [7, 11) is 0.510. The minimum Gasteiger partial charge on any atom is -0.493 e. The molecule has 2 bridgehead atoms. The second-order valence-electron chi connectivity index (χ2n) is 8.02. The first-order valence-corrected chi connectivity index (χ1v) is 11.3. The van der Waals surface area contributed by atoms with Crippen molar-refractivity contribution in [2.24, 2.45) is 17.8 Å². The number of ether oxygens (including phenoxy) is 1. The summed E-state index contributed by atoms with van der Waals surface area (Å²) in [6.07, 6.45) is 8.62. The lowest BCUT2D eigenvalue weighted by molar-refractivity contribution is 0.195. The Labute approximate surface area is 148 Å². The standard InChI is InChI=1S/C22H27OS/c1-2-10-24(9-1)22-8-6-18-13-21(7-5-19(18)14-22)23-15-20-12-16-3-4-17(20)11-16/h5-8,13-14,16-17,20H,1-4,9-12,15H2/q+1. The molecule has 0 N–H and O–H groups in total. The first-order chi connectivity index (χ1) is 11.8. The number of hydrogen-bond donors (Lipinski definition) is 0. The second-order valence-corrected chi connectivity index (χ2v) is 10.3. The molecule has 1 saturated heterocycles. The van der Waals surface area contributed by atoms with Crippen LogP contribution in [0.5, 0.6) is 5.75 Å². The molecule has 3 fully saturated rings. The maximum atomic E-state index is 6.18. The van der Waals surface area contributed by atoms with Gasteiger partial charge < -0.3 is 4.74 Å². The van der Waals surface area contributed by atoms with Gasteiger partial charge in [0.2, 0.25) is 0 Å². The fourth-order valence-electron chi connectivity index (χ4n) is 5.15. The first kappa shape index (κ1) is 15.1. The molecule has 3 aliphatic rings. The minimum atomic E-state index is 0.510. The van der Waals surface area contributed by atoms with Crippen molar-refractivity contribution in [1.29, 1.82) is 0 Å². The molecule has 24 heavy (non-hydrogen) atoms. The van der Waals surface area contributed by atoms with Crippen LogP contribution in [0.3, 0.4) is 0 Å². The Kier molecular flexibility index (Phi) is 3.97. The summed E-state index contributed by atoms with van der Waals surface area (Å²) < 4.78 is 6.18. The van der Waals surface area contributed by atoms with Crippen LogP contribution in [0.1, 0.15) is 38.5 Å². The van der Waals surface area contributed by atoms with Gasteiger partial charge in [0.15, 0.2) is 4.90 Å². The van der Waals surface area contributed by atoms with E-state index in [1.165, 1.54) is 60.8 Å². The van der Waals surface area contributed by atoms with E-state index in [2.05, 4.69) is 36.4 Å². The topological polar surface area (TPSA) is 9.23 Å². The van der Waals surface area contributed by atoms with Crippen LogP contribution >= 0.6 is 0 Å². The van der Waals surface area contributed by atoms with Crippen LogP contribution in [0.25, 0.3) is 10.8 Å². The zero-order valence-corrected chi connectivity index (χ0v) is 15.2. The van der Waals surface area contributed by atoms with E-state index in [1.807, 2.05) is 0 Å². The summed E-state index contributed by atoms with van der Waals surface area (Å²) in [5.41, 5.74) is 0. The molecule has 2 aromatic rings. The van der Waals surface area contributed by atoms with Crippen LogP contribution < -0.4 is 4.74 Å². The summed E-state index contributed by atoms with van der Waals surface area (Å²) in [5, 5.41) is 2.70. The quantitative estimate of drug-likeness (QED) is 0.675. The molecule has 3 atom stereocenters. The summed E-state index contributed by atoms with van der Waals surface area (Å²) in [6, 6.07) is 13.8. The molecule has 1 aliphatic heterocycles. The van der Waals surface area contributed by atoms with Crippen molar-refractivity contribution in [3.05, 3.63) is 36.4 Å². The second kappa shape index (κ2) is 6.29. The summed E-state index contributed by atoms with van der Waals surface area (Å²) in [4.78, 5) is 1.57. The summed E-state index contributed by atoms with van der Waals surface area (Å²) in [5.74, 6) is 6.62. The van der Waals surface area contributed by atoms with Gasteiger partial charge in [-0.2, -0.15) is 0 Å². The molecular formula is C22H27OS+. The highest BCUT2D eigenvalue weighted by Crippen LogP contribution is 2.48. The number of fused-ring (bicyclic) bond motifs is 3. The predicted molar refractivity (Wildman–Crippen MR) is 103 cm³/mol. The van der Waals surface area contributed by atoms with Crippen LogP contribution in [-0.4, -0.2) is 18.1 Å². The van der Waals surface area contributed by atoms with E-state index in [4.69, 9.17) is 4.74 Å². The molecular weight excluding hydrogens is 312 g/mol. The van der Waals surface area contributed by atoms with Gasteiger partial charge in [-0.15, -0.1) is 0 Å². The zero-order chi connectivity index (χ0) is 15.9. The molecule has 2 heteroatoms. The largest absolute Gasteiger partial charge is 0.493 e. The average molecular weight is 340 g/mol. The lowest BCUT2D eigenvalue weighted by atomic mass is 9.89. The molecule has 126 valence electrons. The Morgan fingerprint density at radius 2 is 1.75 bits per heavy atom. The molecule has 5 rings (SSSR count). The minimum absolute atomic E-state index is 0.510. The Balaban J connectivity index is 1.29. The highest BCUT2D eigenvalue weighted by molar-refractivity contribution is 7.97. The Morgan fingerprint density at radius 1 is 0.917 bits per heavy atom. The van der Waals surface area contributed by atoms with Gasteiger partial charge >= 0.3 is 0 Å². The zero-order valence-electron chi connectivity index (χ0n) is 14.4. The molecule has 0 spiro atoms. The lowest BCUT2D eigenvalue weighted by Crippen LogP contribution is -2.18. The van der Waals surface area contributed by atoms with E-state index in [0.29, 0.717) is 10.9 Å². The fraction of sp³-hybridized carbons (Fsp3) is 0.545. The molecule has 2 saturated carbocycles. The van der Waals surface area contributed by atoms with E-state index in [9.17, 15) is 0 Å². The maximum Gasteiger partial charge on any atom is 0.155 e. The van der Waals surface area contributed by atoms with Gasteiger partial charge in [-0.05, 0) is 84.9 Å². The van der Waals surface area contributed by atoms with Crippen molar-refractivity contribution in [3.63, 3.8) is 0 Å². The normalized spacial score (nSPS) is 29.6. The fourth-order valence-corrected chi connectivity index (χ4v) is 7.48. The number of benzene rings is 2. The summed E-state index contributed by atoms with van der Waals surface area (Å²) in [6.45, 7) is 0.925. The van der Waals surface area contributed by atoms with Crippen molar-refractivity contribution < 1.29 is 4.74 Å². The molecule has 1 heterocycles. The van der Waals surface area contributed by atoms with Crippen LogP contribution in [0.4, 0.5) is 0 Å². The van der Waals surface area contributed by atoms with Crippen LogP contribution in [0, 0.1) is 17.8 Å². The Morgan fingerprint density at radius 3 is 2.54 bits per heavy atom. The molecule has 2 aromatic carbocycles. The van der Waals surface area contributed by atoms with Gasteiger partial charge in [0.1, 0.15) is 17.3 Å². The SMILES string of the molecule is c1cc2cc([S+]3CCCC3)ccc2cc1OCC1CC2CCC1C2. The van der Waals surface area contributed by atoms with Crippen LogP contribution in [0.2, 0.25) is 0 Å². The van der Waals surface area contributed by atoms with Crippen molar-refractivity contribution in [2.45, 2.75) is 43.4 Å². The van der Waals surface area contributed by atoms with Gasteiger partial charge in [-0.3, -0.25) is 0 Å². The average Bonchev–Trinajstić information content (AvgIpc) is 3.36. The van der Waals surface area contributed by atoms with Crippen molar-refractivity contribution in [2.75, 3.05) is 18.1 Å². The van der Waals surface area contributed by atoms with E-state index in [0.717, 1.165) is 30.1 Å². The maximum absolute atomic E-state index is 6.18. The van der Waals surface area contributed by atoms with Gasteiger partial charge in [0.25, 0.3) is 0 Å². The molecule has 1 nitrogen and oxygen atoms in total. The van der Waals surface area contributed by atoms with Gasteiger partial charge in [0, 0.05) is 17.0 Å².